The van der Waals surface area contributed by atoms with Crippen molar-refractivity contribution >= 4 is 0 Å². The second-order valence-electron chi connectivity index (χ2n) is 6.53. The second-order valence-corrected chi connectivity index (χ2v) is 6.53. The molecule has 0 aromatic heterocycles. The molecular formula is C14H27N3O. The highest BCUT2D eigenvalue weighted by Gasteiger charge is 2.36. The van der Waals surface area contributed by atoms with Crippen LogP contribution in [0.25, 0.3) is 0 Å². The summed E-state index contributed by atoms with van der Waals surface area (Å²) < 4.78 is 5.56. The topological polar surface area (TPSA) is 41.7 Å². The van der Waals surface area contributed by atoms with Gasteiger partial charge in [0.1, 0.15) is 0 Å². The molecule has 18 heavy (non-hydrogen) atoms. The van der Waals surface area contributed by atoms with Crippen molar-refractivity contribution in [3.8, 4) is 0 Å². The van der Waals surface area contributed by atoms with Crippen LogP contribution in [-0.2, 0) is 4.74 Å². The van der Waals surface area contributed by atoms with Crippen molar-refractivity contribution in [1.29, 1.82) is 0 Å². The smallest absolute Gasteiger partial charge is 0.0547 e. The molecule has 3 aliphatic rings. The van der Waals surface area contributed by atoms with Crippen LogP contribution in [0.2, 0.25) is 0 Å². The second kappa shape index (κ2) is 5.45. The van der Waals surface area contributed by atoms with E-state index in [2.05, 4.69) is 9.80 Å². The van der Waals surface area contributed by atoms with Gasteiger partial charge in [-0.2, -0.15) is 0 Å². The van der Waals surface area contributed by atoms with E-state index in [0.29, 0.717) is 0 Å². The summed E-state index contributed by atoms with van der Waals surface area (Å²) in [7, 11) is 0. The fourth-order valence-electron chi connectivity index (χ4n) is 3.27. The monoisotopic (exact) mass is 253 g/mol. The maximum absolute atomic E-state index is 5.97. The molecule has 0 amide bonds. The van der Waals surface area contributed by atoms with Gasteiger partial charge in [-0.05, 0) is 25.2 Å². The number of ether oxygens (including phenoxy) is 1. The molecule has 1 aliphatic carbocycles. The van der Waals surface area contributed by atoms with E-state index in [1.54, 1.807) is 0 Å². The average Bonchev–Trinajstić information content (AvgIpc) is 3.09. The molecule has 104 valence electrons. The van der Waals surface area contributed by atoms with E-state index in [-0.39, 0.29) is 5.41 Å². The van der Waals surface area contributed by atoms with Crippen molar-refractivity contribution in [1.82, 2.24) is 9.80 Å². The summed E-state index contributed by atoms with van der Waals surface area (Å²) in [4.78, 5) is 5.25. The molecule has 2 N–H and O–H groups in total. The van der Waals surface area contributed by atoms with Crippen molar-refractivity contribution in [3.63, 3.8) is 0 Å². The normalized spacial score (nSPS) is 35.2. The molecule has 2 aliphatic heterocycles. The van der Waals surface area contributed by atoms with Crippen molar-refractivity contribution < 1.29 is 4.74 Å². The van der Waals surface area contributed by atoms with E-state index < -0.39 is 0 Å². The van der Waals surface area contributed by atoms with Gasteiger partial charge in [0, 0.05) is 57.8 Å². The summed E-state index contributed by atoms with van der Waals surface area (Å²) in [6.07, 6.45) is 4.08. The Morgan fingerprint density at radius 1 is 1.11 bits per heavy atom. The van der Waals surface area contributed by atoms with Gasteiger partial charge in [-0.3, -0.25) is 0 Å². The minimum atomic E-state index is 0.249. The van der Waals surface area contributed by atoms with Crippen molar-refractivity contribution in [3.05, 3.63) is 0 Å². The van der Waals surface area contributed by atoms with E-state index in [1.807, 2.05) is 0 Å². The lowest BCUT2D eigenvalue weighted by Crippen LogP contribution is -2.51. The van der Waals surface area contributed by atoms with Gasteiger partial charge in [0.25, 0.3) is 0 Å². The van der Waals surface area contributed by atoms with Gasteiger partial charge in [-0.1, -0.05) is 0 Å². The van der Waals surface area contributed by atoms with Crippen LogP contribution in [0.1, 0.15) is 19.3 Å². The van der Waals surface area contributed by atoms with E-state index >= 15 is 0 Å². The Bertz CT molecular complexity index is 266. The van der Waals surface area contributed by atoms with Gasteiger partial charge in [0.05, 0.1) is 6.61 Å². The Labute approximate surface area is 110 Å². The molecule has 0 aromatic carbocycles. The first-order valence-corrected chi connectivity index (χ1v) is 7.52. The Morgan fingerprint density at radius 3 is 2.39 bits per heavy atom. The summed E-state index contributed by atoms with van der Waals surface area (Å²) in [5, 5.41) is 0. The van der Waals surface area contributed by atoms with Crippen molar-refractivity contribution in [2.45, 2.75) is 19.3 Å². The summed E-state index contributed by atoms with van der Waals surface area (Å²) in [6.45, 7) is 9.96. The van der Waals surface area contributed by atoms with E-state index in [4.69, 9.17) is 10.5 Å². The molecule has 1 unspecified atom stereocenters. The number of hydrogen-bond acceptors (Lipinski definition) is 4. The molecule has 2 saturated heterocycles. The minimum Gasteiger partial charge on any atom is -0.381 e. The zero-order valence-corrected chi connectivity index (χ0v) is 11.4. The van der Waals surface area contributed by atoms with Crippen LogP contribution in [0, 0.1) is 11.3 Å². The number of rotatable bonds is 5. The highest BCUT2D eigenvalue weighted by molar-refractivity contribution is 4.89. The standard InChI is InChI=1S/C14H27N3O/c15-10-14(3-8-18-12-14)11-17-6-4-16(5-7-17)9-13-1-2-13/h13H,1-12,15H2. The molecule has 1 saturated carbocycles. The fourth-order valence-corrected chi connectivity index (χ4v) is 3.27. The fraction of sp³-hybridized carbons (Fsp3) is 1.00. The van der Waals surface area contributed by atoms with Crippen molar-refractivity contribution in [2.24, 2.45) is 17.1 Å². The summed E-state index contributed by atoms with van der Waals surface area (Å²) in [5.41, 5.74) is 6.22. The lowest BCUT2D eigenvalue weighted by molar-refractivity contribution is 0.0737. The van der Waals surface area contributed by atoms with Gasteiger partial charge in [0.15, 0.2) is 0 Å². The molecule has 3 rings (SSSR count). The molecule has 0 radical (unpaired) electrons. The Hall–Kier alpha value is -0.160. The van der Waals surface area contributed by atoms with Crippen LogP contribution in [0.3, 0.4) is 0 Å². The van der Waals surface area contributed by atoms with Gasteiger partial charge in [-0.25, -0.2) is 0 Å². The summed E-state index contributed by atoms with van der Waals surface area (Å²) in [5.74, 6) is 1.02. The summed E-state index contributed by atoms with van der Waals surface area (Å²) in [6, 6.07) is 0. The quantitative estimate of drug-likeness (QED) is 0.769. The highest BCUT2D eigenvalue weighted by Crippen LogP contribution is 2.31. The lowest BCUT2D eigenvalue weighted by atomic mass is 9.86. The lowest BCUT2D eigenvalue weighted by Gasteiger charge is -2.39. The third-order valence-electron chi connectivity index (χ3n) is 4.86. The van der Waals surface area contributed by atoms with Crippen LogP contribution < -0.4 is 5.73 Å². The largest absolute Gasteiger partial charge is 0.381 e. The molecule has 3 fully saturated rings. The average molecular weight is 253 g/mol. The summed E-state index contributed by atoms with van der Waals surface area (Å²) >= 11 is 0. The third-order valence-corrected chi connectivity index (χ3v) is 4.86. The first-order chi connectivity index (χ1) is 8.80. The molecule has 2 heterocycles. The number of nitrogens with two attached hydrogens (primary N) is 1. The predicted molar refractivity (Wildman–Crippen MR) is 72.5 cm³/mol. The maximum atomic E-state index is 5.97. The molecule has 0 bridgehead atoms. The van der Waals surface area contributed by atoms with E-state index in [9.17, 15) is 0 Å². The molecular weight excluding hydrogens is 226 g/mol. The molecule has 4 nitrogen and oxygen atoms in total. The van der Waals surface area contributed by atoms with Crippen LogP contribution >= 0.6 is 0 Å². The predicted octanol–water partition coefficient (Wildman–Crippen LogP) is 0.379. The van der Waals surface area contributed by atoms with Crippen LogP contribution in [0.15, 0.2) is 0 Å². The first kappa shape index (κ1) is 12.9. The van der Waals surface area contributed by atoms with Crippen LogP contribution in [-0.4, -0.2) is 68.8 Å². The first-order valence-electron chi connectivity index (χ1n) is 7.52. The third kappa shape index (κ3) is 3.05. The maximum Gasteiger partial charge on any atom is 0.0547 e. The highest BCUT2D eigenvalue weighted by atomic mass is 16.5. The van der Waals surface area contributed by atoms with Gasteiger partial charge >= 0.3 is 0 Å². The molecule has 0 spiro atoms. The Balaban J connectivity index is 1.44. The van der Waals surface area contributed by atoms with Crippen LogP contribution in [0.4, 0.5) is 0 Å². The molecule has 0 aromatic rings. The van der Waals surface area contributed by atoms with Crippen molar-refractivity contribution in [2.75, 3.05) is 59.0 Å². The SMILES string of the molecule is NCC1(CN2CCN(CC3CC3)CC2)CCOC1. The van der Waals surface area contributed by atoms with Crippen LogP contribution in [0.5, 0.6) is 0 Å². The van der Waals surface area contributed by atoms with Gasteiger partial charge in [0.2, 0.25) is 0 Å². The molecule has 4 heteroatoms. The van der Waals surface area contributed by atoms with E-state index in [1.165, 1.54) is 45.6 Å². The number of hydrogen-bond donors (Lipinski definition) is 1. The zero-order valence-electron chi connectivity index (χ0n) is 11.4. The number of nitrogens with zero attached hydrogens (tertiary/aromatic N) is 2. The molecule has 1 atom stereocenters. The van der Waals surface area contributed by atoms with E-state index in [0.717, 1.165) is 38.6 Å². The zero-order chi connectivity index (χ0) is 12.4. The van der Waals surface area contributed by atoms with Gasteiger partial charge in [-0.15, -0.1) is 0 Å². The Morgan fingerprint density at radius 2 is 1.83 bits per heavy atom. The van der Waals surface area contributed by atoms with Gasteiger partial charge < -0.3 is 20.3 Å². The Kier molecular flexibility index (Phi) is 3.89. The number of piperazine rings is 1. The minimum absolute atomic E-state index is 0.249.